The SMILES string of the molecule is COC(=O)CSc1cccc(OCC2CCCCC2)c1. The third-order valence-electron chi connectivity index (χ3n) is 3.60. The van der Waals surface area contributed by atoms with Crippen molar-refractivity contribution >= 4 is 17.7 Å². The van der Waals surface area contributed by atoms with Crippen molar-refractivity contribution in [1.29, 1.82) is 0 Å². The maximum absolute atomic E-state index is 11.1. The quantitative estimate of drug-likeness (QED) is 0.588. The fourth-order valence-electron chi connectivity index (χ4n) is 2.42. The van der Waals surface area contributed by atoms with Gasteiger partial charge in [-0.2, -0.15) is 0 Å². The van der Waals surface area contributed by atoms with E-state index < -0.39 is 0 Å². The first-order chi connectivity index (χ1) is 9.78. The molecule has 3 nitrogen and oxygen atoms in total. The Labute approximate surface area is 125 Å². The van der Waals surface area contributed by atoms with Gasteiger partial charge in [0.1, 0.15) is 5.75 Å². The number of methoxy groups -OCH3 is 1. The predicted octanol–water partition coefficient (Wildman–Crippen LogP) is 3.91. The Kier molecular flexibility index (Phi) is 6.25. The van der Waals surface area contributed by atoms with Crippen molar-refractivity contribution < 1.29 is 14.3 Å². The van der Waals surface area contributed by atoms with Gasteiger partial charge in [0.25, 0.3) is 0 Å². The van der Waals surface area contributed by atoms with E-state index in [4.69, 9.17) is 4.74 Å². The number of hydrogen-bond acceptors (Lipinski definition) is 4. The molecule has 0 saturated heterocycles. The van der Waals surface area contributed by atoms with E-state index in [1.165, 1.54) is 51.0 Å². The van der Waals surface area contributed by atoms with E-state index in [0.29, 0.717) is 11.7 Å². The van der Waals surface area contributed by atoms with E-state index in [0.717, 1.165) is 17.3 Å². The maximum Gasteiger partial charge on any atom is 0.315 e. The Bertz CT molecular complexity index is 427. The molecule has 0 N–H and O–H groups in total. The van der Waals surface area contributed by atoms with Gasteiger partial charge in [0.05, 0.1) is 19.5 Å². The molecule has 1 fully saturated rings. The third-order valence-corrected chi connectivity index (χ3v) is 4.57. The largest absolute Gasteiger partial charge is 0.493 e. The van der Waals surface area contributed by atoms with Gasteiger partial charge in [-0.15, -0.1) is 11.8 Å². The topological polar surface area (TPSA) is 35.5 Å². The van der Waals surface area contributed by atoms with E-state index in [-0.39, 0.29) is 5.97 Å². The fraction of sp³-hybridized carbons (Fsp3) is 0.562. The first-order valence-electron chi connectivity index (χ1n) is 7.20. The number of esters is 1. The van der Waals surface area contributed by atoms with Crippen LogP contribution >= 0.6 is 11.8 Å². The lowest BCUT2D eigenvalue weighted by atomic mass is 9.90. The highest BCUT2D eigenvalue weighted by atomic mass is 32.2. The molecule has 0 bridgehead atoms. The van der Waals surface area contributed by atoms with Crippen LogP contribution in [0.4, 0.5) is 0 Å². The van der Waals surface area contributed by atoms with Crippen molar-refractivity contribution in [3.8, 4) is 5.75 Å². The van der Waals surface area contributed by atoms with Crippen LogP contribution in [0.3, 0.4) is 0 Å². The molecule has 0 atom stereocenters. The normalized spacial score (nSPS) is 15.8. The highest BCUT2D eigenvalue weighted by molar-refractivity contribution is 8.00. The van der Waals surface area contributed by atoms with Gasteiger partial charge in [-0.1, -0.05) is 25.3 Å². The van der Waals surface area contributed by atoms with E-state index in [1.54, 1.807) is 0 Å². The van der Waals surface area contributed by atoms with Crippen molar-refractivity contribution in [1.82, 2.24) is 0 Å². The van der Waals surface area contributed by atoms with Gasteiger partial charge in [0.2, 0.25) is 0 Å². The van der Waals surface area contributed by atoms with Crippen molar-refractivity contribution in [2.45, 2.75) is 37.0 Å². The van der Waals surface area contributed by atoms with Crippen molar-refractivity contribution in [3.05, 3.63) is 24.3 Å². The molecule has 0 radical (unpaired) electrons. The molecule has 110 valence electrons. The lowest BCUT2D eigenvalue weighted by molar-refractivity contribution is -0.137. The summed E-state index contributed by atoms with van der Waals surface area (Å²) in [6.45, 7) is 0.811. The molecule has 1 aliphatic carbocycles. The minimum absolute atomic E-state index is 0.205. The molecular weight excluding hydrogens is 272 g/mol. The highest BCUT2D eigenvalue weighted by Gasteiger charge is 2.14. The van der Waals surface area contributed by atoms with E-state index >= 15 is 0 Å². The standard InChI is InChI=1S/C16H22O3S/c1-18-16(17)12-20-15-9-5-8-14(10-15)19-11-13-6-3-2-4-7-13/h5,8-10,13H,2-4,6-7,11-12H2,1H3. The molecular formula is C16H22O3S. The molecule has 0 aliphatic heterocycles. The number of carbonyl (C=O) groups excluding carboxylic acids is 1. The molecule has 20 heavy (non-hydrogen) atoms. The summed E-state index contributed by atoms with van der Waals surface area (Å²) < 4.78 is 10.5. The van der Waals surface area contributed by atoms with Crippen LogP contribution in [0.25, 0.3) is 0 Å². The molecule has 0 aromatic heterocycles. The summed E-state index contributed by atoms with van der Waals surface area (Å²) in [7, 11) is 1.41. The molecule has 0 amide bonds. The Morgan fingerprint density at radius 2 is 2.10 bits per heavy atom. The van der Waals surface area contributed by atoms with Crippen LogP contribution in [0, 0.1) is 5.92 Å². The van der Waals surface area contributed by atoms with Crippen molar-refractivity contribution in [2.75, 3.05) is 19.5 Å². The molecule has 4 heteroatoms. The molecule has 1 saturated carbocycles. The minimum atomic E-state index is -0.205. The zero-order valence-electron chi connectivity index (χ0n) is 12.0. The molecule has 1 aliphatic rings. The lowest BCUT2D eigenvalue weighted by Crippen LogP contribution is -2.15. The summed E-state index contributed by atoms with van der Waals surface area (Å²) in [4.78, 5) is 12.2. The second kappa shape index (κ2) is 8.20. The Hall–Kier alpha value is -1.16. The first-order valence-corrected chi connectivity index (χ1v) is 8.19. The smallest absolute Gasteiger partial charge is 0.315 e. The van der Waals surface area contributed by atoms with Gasteiger partial charge in [-0.25, -0.2) is 0 Å². The minimum Gasteiger partial charge on any atom is -0.493 e. The summed E-state index contributed by atoms with van der Waals surface area (Å²) in [5.41, 5.74) is 0. The average Bonchev–Trinajstić information content (AvgIpc) is 2.52. The van der Waals surface area contributed by atoms with Crippen LogP contribution in [0.5, 0.6) is 5.75 Å². The average molecular weight is 294 g/mol. The van der Waals surface area contributed by atoms with E-state index in [9.17, 15) is 4.79 Å². The monoisotopic (exact) mass is 294 g/mol. The zero-order valence-corrected chi connectivity index (χ0v) is 12.8. The molecule has 1 aromatic carbocycles. The summed E-state index contributed by atoms with van der Waals surface area (Å²) >= 11 is 1.47. The van der Waals surface area contributed by atoms with Crippen LogP contribution in [0.15, 0.2) is 29.2 Å². The van der Waals surface area contributed by atoms with Gasteiger partial charge in [-0.3, -0.25) is 4.79 Å². The van der Waals surface area contributed by atoms with Crippen LogP contribution < -0.4 is 4.74 Å². The molecule has 0 unspecified atom stereocenters. The number of thioether (sulfide) groups is 1. The zero-order chi connectivity index (χ0) is 14.2. The molecule has 0 heterocycles. The van der Waals surface area contributed by atoms with Gasteiger partial charge in [0, 0.05) is 4.90 Å². The van der Waals surface area contributed by atoms with Crippen LogP contribution in [-0.2, 0) is 9.53 Å². The molecule has 2 rings (SSSR count). The number of benzene rings is 1. The third kappa shape index (κ3) is 5.08. The summed E-state index contributed by atoms with van der Waals surface area (Å²) in [5, 5.41) is 0. The first kappa shape index (κ1) is 15.2. The summed E-state index contributed by atoms with van der Waals surface area (Å²) in [5.74, 6) is 1.73. The summed E-state index contributed by atoms with van der Waals surface area (Å²) in [6, 6.07) is 7.93. The second-order valence-electron chi connectivity index (χ2n) is 5.15. The Balaban J connectivity index is 1.80. The maximum atomic E-state index is 11.1. The van der Waals surface area contributed by atoms with Crippen LogP contribution in [0.2, 0.25) is 0 Å². The number of ether oxygens (including phenoxy) is 2. The van der Waals surface area contributed by atoms with Crippen LogP contribution in [0.1, 0.15) is 32.1 Å². The predicted molar refractivity (Wildman–Crippen MR) is 81.3 cm³/mol. The number of hydrogen-bond donors (Lipinski definition) is 0. The Morgan fingerprint density at radius 3 is 2.85 bits per heavy atom. The van der Waals surface area contributed by atoms with E-state index in [1.807, 2.05) is 24.3 Å². The van der Waals surface area contributed by atoms with Gasteiger partial charge in [-0.05, 0) is 37.0 Å². The fourth-order valence-corrected chi connectivity index (χ4v) is 3.20. The van der Waals surface area contributed by atoms with Gasteiger partial charge < -0.3 is 9.47 Å². The van der Waals surface area contributed by atoms with Gasteiger partial charge in [0.15, 0.2) is 0 Å². The van der Waals surface area contributed by atoms with Crippen LogP contribution in [-0.4, -0.2) is 25.4 Å². The molecule has 1 aromatic rings. The lowest BCUT2D eigenvalue weighted by Gasteiger charge is -2.21. The van der Waals surface area contributed by atoms with E-state index in [2.05, 4.69) is 4.74 Å². The Morgan fingerprint density at radius 1 is 1.30 bits per heavy atom. The molecule has 0 spiro atoms. The highest BCUT2D eigenvalue weighted by Crippen LogP contribution is 2.26. The number of carbonyl (C=O) groups is 1. The van der Waals surface area contributed by atoms with Gasteiger partial charge >= 0.3 is 5.97 Å². The number of rotatable bonds is 6. The second-order valence-corrected chi connectivity index (χ2v) is 6.20. The summed E-state index contributed by atoms with van der Waals surface area (Å²) in [6.07, 6.45) is 6.62. The van der Waals surface area contributed by atoms with Crippen molar-refractivity contribution in [2.24, 2.45) is 5.92 Å². The van der Waals surface area contributed by atoms with Crippen molar-refractivity contribution in [3.63, 3.8) is 0 Å².